The summed E-state index contributed by atoms with van der Waals surface area (Å²) in [5.41, 5.74) is 6.14. The summed E-state index contributed by atoms with van der Waals surface area (Å²) in [5.74, 6) is -0.421. The number of nitrogens with one attached hydrogen (secondary N) is 1. The van der Waals surface area contributed by atoms with Gasteiger partial charge in [-0.15, -0.1) is 0 Å². The Morgan fingerprint density at radius 1 is 1.67 bits per heavy atom. The van der Waals surface area contributed by atoms with Crippen LogP contribution >= 0.6 is 0 Å². The van der Waals surface area contributed by atoms with Crippen molar-refractivity contribution < 1.29 is 19.6 Å². The number of nitro benzene ring substituents is 1. The number of hydrogen-bond acceptors (Lipinski definition) is 6. The highest BCUT2D eigenvalue weighted by Gasteiger charge is 2.18. The molecule has 0 aliphatic carbocycles. The van der Waals surface area contributed by atoms with Crippen LogP contribution < -0.4 is 15.9 Å². The van der Waals surface area contributed by atoms with Crippen molar-refractivity contribution in [3.05, 3.63) is 27.8 Å². The summed E-state index contributed by atoms with van der Waals surface area (Å²) < 4.78 is 4.84. The molecular formula is C9H10N4O5. The molecule has 0 fully saturated rings. The van der Waals surface area contributed by atoms with Crippen LogP contribution in [-0.4, -0.2) is 29.4 Å². The van der Waals surface area contributed by atoms with E-state index in [1.54, 1.807) is 0 Å². The Hall–Kier alpha value is -2.84. The Morgan fingerprint density at radius 2 is 2.33 bits per heavy atom. The molecule has 9 heteroatoms. The van der Waals surface area contributed by atoms with Crippen molar-refractivity contribution in [3.8, 4) is 11.5 Å². The van der Waals surface area contributed by atoms with Crippen LogP contribution in [0.15, 0.2) is 17.2 Å². The summed E-state index contributed by atoms with van der Waals surface area (Å²) in [6.45, 7) is 0. The summed E-state index contributed by atoms with van der Waals surface area (Å²) in [7, 11) is 1.32. The minimum atomic E-state index is -0.900. The fourth-order valence-corrected chi connectivity index (χ4v) is 1.14. The molecule has 1 rings (SSSR count). The Kier molecular flexibility index (Phi) is 4.02. The normalized spacial score (nSPS) is 10.3. The number of aromatic hydroxyl groups is 1. The van der Waals surface area contributed by atoms with Gasteiger partial charge >= 0.3 is 11.7 Å². The van der Waals surface area contributed by atoms with Gasteiger partial charge < -0.3 is 15.6 Å². The van der Waals surface area contributed by atoms with Crippen LogP contribution in [0.25, 0.3) is 0 Å². The van der Waals surface area contributed by atoms with Crippen molar-refractivity contribution in [3.63, 3.8) is 0 Å². The number of phenols is 1. The highest BCUT2D eigenvalue weighted by Crippen LogP contribution is 2.33. The largest absolute Gasteiger partial charge is 0.502 e. The number of rotatable bonds is 4. The number of nitrogens with zero attached hydrogens (tertiary/aromatic N) is 2. The molecule has 0 saturated heterocycles. The minimum absolute atomic E-state index is 0.00907. The molecule has 0 atom stereocenters. The van der Waals surface area contributed by atoms with Crippen molar-refractivity contribution in [2.75, 3.05) is 7.11 Å². The summed E-state index contributed by atoms with van der Waals surface area (Å²) in [6.07, 6.45) is 1.01. The van der Waals surface area contributed by atoms with Gasteiger partial charge in [-0.05, 0) is 6.07 Å². The van der Waals surface area contributed by atoms with Gasteiger partial charge in [-0.3, -0.25) is 10.1 Å². The number of phenolic OH excluding ortho intramolecular Hbond substituents is 1. The second-order valence-corrected chi connectivity index (χ2v) is 3.08. The molecule has 0 unspecified atom stereocenters. The number of urea groups is 1. The zero-order chi connectivity index (χ0) is 13.7. The van der Waals surface area contributed by atoms with Crippen LogP contribution in [0.5, 0.6) is 11.5 Å². The number of carbonyl (C=O) groups excluding carboxylic acids is 1. The van der Waals surface area contributed by atoms with Crippen LogP contribution in [0.4, 0.5) is 10.5 Å². The van der Waals surface area contributed by atoms with E-state index in [1.807, 2.05) is 5.43 Å². The average Bonchev–Trinajstić information content (AvgIpc) is 2.30. The number of ether oxygens (including phenoxy) is 1. The lowest BCUT2D eigenvalue weighted by atomic mass is 10.1. The van der Waals surface area contributed by atoms with E-state index in [0.29, 0.717) is 0 Å². The molecule has 1 aromatic carbocycles. The summed E-state index contributed by atoms with van der Waals surface area (Å²) in [6, 6.07) is 1.48. The van der Waals surface area contributed by atoms with Crippen LogP contribution in [0, 0.1) is 10.1 Å². The maximum absolute atomic E-state index is 10.7. The molecule has 0 saturated carbocycles. The molecule has 0 radical (unpaired) electrons. The number of primary amides is 1. The molecule has 9 nitrogen and oxygen atoms in total. The van der Waals surface area contributed by atoms with E-state index < -0.39 is 22.4 Å². The maximum Gasteiger partial charge on any atom is 0.332 e. The van der Waals surface area contributed by atoms with Crippen molar-refractivity contribution in [1.82, 2.24) is 5.43 Å². The monoisotopic (exact) mass is 254 g/mol. The van der Waals surface area contributed by atoms with E-state index in [4.69, 9.17) is 10.5 Å². The predicted octanol–water partition coefficient (Wildman–Crippen LogP) is 0.311. The Balaban J connectivity index is 3.17. The van der Waals surface area contributed by atoms with Gasteiger partial charge in [0.05, 0.1) is 24.3 Å². The number of benzene rings is 1. The van der Waals surface area contributed by atoms with Crippen LogP contribution in [0.2, 0.25) is 0 Å². The van der Waals surface area contributed by atoms with E-state index in [9.17, 15) is 20.0 Å². The molecule has 0 spiro atoms. The highest BCUT2D eigenvalue weighted by molar-refractivity contribution is 5.87. The lowest BCUT2D eigenvalue weighted by molar-refractivity contribution is -0.385. The van der Waals surface area contributed by atoms with Gasteiger partial charge in [0.25, 0.3) is 0 Å². The molecule has 2 amide bonds. The first-order chi connectivity index (χ1) is 8.45. The maximum atomic E-state index is 10.7. The Labute approximate surface area is 101 Å². The van der Waals surface area contributed by atoms with Gasteiger partial charge in [0.2, 0.25) is 5.75 Å². The third-order valence-corrected chi connectivity index (χ3v) is 1.90. The second kappa shape index (κ2) is 5.48. The summed E-state index contributed by atoms with van der Waals surface area (Å²) in [4.78, 5) is 20.3. The molecule has 0 bridgehead atoms. The molecule has 96 valence electrons. The lowest BCUT2D eigenvalue weighted by Gasteiger charge is -2.04. The topological polar surface area (TPSA) is 140 Å². The molecular weight excluding hydrogens is 244 g/mol. The van der Waals surface area contributed by atoms with Crippen molar-refractivity contribution in [2.45, 2.75) is 0 Å². The number of hydrazone groups is 1. The zero-order valence-corrected chi connectivity index (χ0v) is 9.28. The second-order valence-electron chi connectivity index (χ2n) is 3.08. The molecule has 4 N–H and O–H groups in total. The minimum Gasteiger partial charge on any atom is -0.502 e. The van der Waals surface area contributed by atoms with E-state index in [2.05, 4.69) is 5.10 Å². The van der Waals surface area contributed by atoms with Gasteiger partial charge in [0.15, 0.2) is 0 Å². The first-order valence-electron chi connectivity index (χ1n) is 4.59. The summed E-state index contributed by atoms with van der Waals surface area (Å²) >= 11 is 0. The quantitative estimate of drug-likeness (QED) is 0.403. The van der Waals surface area contributed by atoms with E-state index in [0.717, 1.165) is 12.3 Å². The molecule has 1 aromatic rings. The van der Waals surface area contributed by atoms with Gasteiger partial charge in [-0.1, -0.05) is 0 Å². The fraction of sp³-hybridized carbons (Fsp3) is 0.111. The number of nitrogens with two attached hydrogens (primary N) is 1. The number of methoxy groups -OCH3 is 1. The lowest BCUT2D eigenvalue weighted by Crippen LogP contribution is -2.24. The first kappa shape index (κ1) is 13.2. The highest BCUT2D eigenvalue weighted by atomic mass is 16.6. The molecule has 0 aromatic heterocycles. The third-order valence-electron chi connectivity index (χ3n) is 1.90. The average molecular weight is 254 g/mol. The van der Waals surface area contributed by atoms with Crippen LogP contribution in [-0.2, 0) is 0 Å². The summed E-state index contributed by atoms with van der Waals surface area (Å²) in [5, 5.41) is 23.7. The standard InChI is InChI=1S/C9H10N4O5/c1-18-6-2-5(4-11-12-9(10)15)8(14)7(3-6)13(16)17/h2-4,14H,1H3,(H3,10,12,15). The number of amides is 2. The van der Waals surface area contributed by atoms with Crippen molar-refractivity contribution >= 4 is 17.9 Å². The fourth-order valence-electron chi connectivity index (χ4n) is 1.14. The molecule has 0 aliphatic heterocycles. The Bertz CT molecular complexity index is 514. The van der Waals surface area contributed by atoms with Gasteiger partial charge in [0, 0.05) is 5.56 Å². The van der Waals surface area contributed by atoms with E-state index in [-0.39, 0.29) is 11.3 Å². The van der Waals surface area contributed by atoms with Crippen molar-refractivity contribution in [1.29, 1.82) is 0 Å². The van der Waals surface area contributed by atoms with E-state index >= 15 is 0 Å². The Morgan fingerprint density at radius 3 is 2.83 bits per heavy atom. The van der Waals surface area contributed by atoms with E-state index in [1.165, 1.54) is 13.2 Å². The third kappa shape index (κ3) is 3.07. The number of hydrogen-bond donors (Lipinski definition) is 3. The number of nitro groups is 1. The van der Waals surface area contributed by atoms with Gasteiger partial charge in [-0.25, -0.2) is 10.2 Å². The smallest absolute Gasteiger partial charge is 0.332 e. The first-order valence-corrected chi connectivity index (χ1v) is 4.59. The van der Waals surface area contributed by atoms with Crippen LogP contribution in [0.3, 0.4) is 0 Å². The number of carbonyl (C=O) groups is 1. The molecule has 18 heavy (non-hydrogen) atoms. The SMILES string of the molecule is COc1cc(C=NNC(N)=O)c(O)c([N+](=O)[O-])c1. The predicted molar refractivity (Wildman–Crippen MR) is 61.6 cm³/mol. The van der Waals surface area contributed by atoms with Gasteiger partial charge in [0.1, 0.15) is 5.75 Å². The molecule has 0 aliphatic rings. The van der Waals surface area contributed by atoms with Crippen LogP contribution in [0.1, 0.15) is 5.56 Å². The zero-order valence-electron chi connectivity index (χ0n) is 9.28. The van der Waals surface area contributed by atoms with Crippen molar-refractivity contribution in [2.24, 2.45) is 10.8 Å². The van der Waals surface area contributed by atoms with Gasteiger partial charge in [-0.2, -0.15) is 5.10 Å². The molecule has 0 heterocycles.